The average Bonchev–Trinajstić information content (AvgIpc) is 2.02. The van der Waals surface area contributed by atoms with Crippen LogP contribution in [-0.4, -0.2) is 5.97 Å². The van der Waals surface area contributed by atoms with Crippen molar-refractivity contribution < 1.29 is 9.53 Å². The summed E-state index contributed by atoms with van der Waals surface area (Å²) in [4.78, 5) is 11.0. The van der Waals surface area contributed by atoms with Crippen molar-refractivity contribution in [3.05, 3.63) is 23.5 Å². The van der Waals surface area contributed by atoms with Crippen LogP contribution in [0.3, 0.4) is 0 Å². The number of esters is 1. The molecule has 0 radical (unpaired) electrons. The van der Waals surface area contributed by atoms with E-state index >= 15 is 0 Å². The van der Waals surface area contributed by atoms with Crippen LogP contribution in [0.15, 0.2) is 23.5 Å². The second kappa shape index (κ2) is 4.72. The molecule has 2 nitrogen and oxygen atoms in total. The van der Waals surface area contributed by atoms with Gasteiger partial charge in [0.1, 0.15) is 5.76 Å². The highest BCUT2D eigenvalue weighted by molar-refractivity contribution is 5.88. The van der Waals surface area contributed by atoms with Gasteiger partial charge < -0.3 is 4.74 Å². The molecule has 62 valence electrons. The lowest BCUT2D eigenvalue weighted by Gasteiger charge is -2.02. The van der Waals surface area contributed by atoms with E-state index in [2.05, 4.69) is 0 Å². The summed E-state index contributed by atoms with van der Waals surface area (Å²) < 4.78 is 4.91. The van der Waals surface area contributed by atoms with Gasteiger partial charge in [-0.05, 0) is 33.8 Å². The molecule has 2 heteroatoms. The standard InChI is InChI=1S/C9H14O2/c1-5-7(3)9(10)11-8(4)6-2/h5-6H,1-4H3/b7-5-,8-6+. The first-order chi connectivity index (χ1) is 5.11. The first-order valence-corrected chi connectivity index (χ1v) is 3.59. The maximum Gasteiger partial charge on any atom is 0.338 e. The van der Waals surface area contributed by atoms with Gasteiger partial charge in [0.2, 0.25) is 0 Å². The van der Waals surface area contributed by atoms with Crippen molar-refractivity contribution in [2.45, 2.75) is 27.7 Å². The normalized spacial score (nSPS) is 13.1. The van der Waals surface area contributed by atoms with Gasteiger partial charge in [-0.15, -0.1) is 0 Å². The minimum Gasteiger partial charge on any atom is -0.428 e. The molecule has 0 unspecified atom stereocenters. The van der Waals surface area contributed by atoms with Gasteiger partial charge in [-0.2, -0.15) is 0 Å². The van der Waals surface area contributed by atoms with E-state index in [1.807, 2.05) is 13.8 Å². The van der Waals surface area contributed by atoms with E-state index in [0.29, 0.717) is 11.3 Å². The maximum atomic E-state index is 11.0. The van der Waals surface area contributed by atoms with E-state index in [-0.39, 0.29) is 5.97 Å². The fraction of sp³-hybridized carbons (Fsp3) is 0.444. The molecule has 0 aliphatic heterocycles. The fourth-order valence-electron chi connectivity index (χ4n) is 0.403. The van der Waals surface area contributed by atoms with E-state index in [0.717, 1.165) is 0 Å². The molecule has 0 aromatic heterocycles. The van der Waals surface area contributed by atoms with Gasteiger partial charge in [-0.1, -0.05) is 6.08 Å². The van der Waals surface area contributed by atoms with Gasteiger partial charge in [-0.25, -0.2) is 4.79 Å². The lowest BCUT2D eigenvalue weighted by Crippen LogP contribution is -2.03. The quantitative estimate of drug-likeness (QED) is 0.347. The van der Waals surface area contributed by atoms with Crippen LogP contribution in [-0.2, 0) is 9.53 Å². The zero-order valence-corrected chi connectivity index (χ0v) is 7.47. The zero-order valence-electron chi connectivity index (χ0n) is 7.47. The second-order valence-corrected chi connectivity index (χ2v) is 2.26. The van der Waals surface area contributed by atoms with Crippen LogP contribution in [0.5, 0.6) is 0 Å². The molecular weight excluding hydrogens is 140 g/mol. The SMILES string of the molecule is C/C=C(/C)C(=O)O/C(C)=C/C. The summed E-state index contributed by atoms with van der Waals surface area (Å²) in [6.45, 7) is 7.11. The van der Waals surface area contributed by atoms with Crippen molar-refractivity contribution in [3.63, 3.8) is 0 Å². The van der Waals surface area contributed by atoms with Gasteiger partial charge in [0.15, 0.2) is 0 Å². The van der Waals surface area contributed by atoms with E-state index in [1.165, 1.54) is 0 Å². The molecule has 0 bridgehead atoms. The highest BCUT2D eigenvalue weighted by Crippen LogP contribution is 2.01. The minimum atomic E-state index is -0.275. The Morgan fingerprint density at radius 2 is 1.73 bits per heavy atom. The first kappa shape index (κ1) is 9.95. The molecule has 0 rings (SSSR count). The molecule has 0 amide bonds. The Balaban J connectivity index is 4.10. The summed E-state index contributed by atoms with van der Waals surface area (Å²) in [5.41, 5.74) is 0.631. The molecule has 0 N–H and O–H groups in total. The van der Waals surface area contributed by atoms with Crippen molar-refractivity contribution in [3.8, 4) is 0 Å². The summed E-state index contributed by atoms with van der Waals surface area (Å²) in [5, 5.41) is 0. The third kappa shape index (κ3) is 3.61. The molecule has 0 aliphatic rings. The van der Waals surface area contributed by atoms with Gasteiger partial charge >= 0.3 is 5.97 Å². The van der Waals surface area contributed by atoms with Crippen molar-refractivity contribution >= 4 is 5.97 Å². The van der Waals surface area contributed by atoms with Crippen LogP contribution in [0.25, 0.3) is 0 Å². The maximum absolute atomic E-state index is 11.0. The smallest absolute Gasteiger partial charge is 0.338 e. The molecule has 0 saturated heterocycles. The Kier molecular flexibility index (Phi) is 4.27. The molecule has 0 heterocycles. The summed E-state index contributed by atoms with van der Waals surface area (Å²) in [6, 6.07) is 0. The van der Waals surface area contributed by atoms with Crippen LogP contribution in [0, 0.1) is 0 Å². The van der Waals surface area contributed by atoms with Crippen LogP contribution < -0.4 is 0 Å². The van der Waals surface area contributed by atoms with Crippen LogP contribution in [0.4, 0.5) is 0 Å². The number of rotatable bonds is 2. The highest BCUT2D eigenvalue weighted by Gasteiger charge is 2.03. The molecule has 0 fully saturated rings. The van der Waals surface area contributed by atoms with Gasteiger partial charge in [0.25, 0.3) is 0 Å². The Morgan fingerprint density at radius 3 is 2.09 bits per heavy atom. The van der Waals surface area contributed by atoms with Crippen LogP contribution in [0.2, 0.25) is 0 Å². The molecular formula is C9H14O2. The average molecular weight is 154 g/mol. The van der Waals surface area contributed by atoms with Crippen molar-refractivity contribution in [2.24, 2.45) is 0 Å². The monoisotopic (exact) mass is 154 g/mol. The molecule has 0 aromatic rings. The number of hydrogen-bond acceptors (Lipinski definition) is 2. The molecule has 0 aliphatic carbocycles. The molecule has 0 atom stereocenters. The lowest BCUT2D eigenvalue weighted by molar-refractivity contribution is -0.134. The lowest BCUT2D eigenvalue weighted by atomic mass is 10.3. The Labute approximate surface area is 67.6 Å². The zero-order chi connectivity index (χ0) is 8.85. The Morgan fingerprint density at radius 1 is 1.18 bits per heavy atom. The molecule has 0 saturated carbocycles. The third-order valence-electron chi connectivity index (χ3n) is 1.42. The predicted octanol–water partition coefficient (Wildman–Crippen LogP) is 2.42. The molecule has 0 spiro atoms. The van der Waals surface area contributed by atoms with Gasteiger partial charge in [-0.3, -0.25) is 0 Å². The van der Waals surface area contributed by atoms with Crippen molar-refractivity contribution in [2.75, 3.05) is 0 Å². The van der Waals surface area contributed by atoms with Crippen LogP contribution >= 0.6 is 0 Å². The Hall–Kier alpha value is -1.05. The first-order valence-electron chi connectivity index (χ1n) is 3.59. The second-order valence-electron chi connectivity index (χ2n) is 2.26. The topological polar surface area (TPSA) is 26.3 Å². The largest absolute Gasteiger partial charge is 0.428 e. The number of ether oxygens (including phenoxy) is 1. The molecule has 0 aromatic carbocycles. The summed E-state index contributed by atoms with van der Waals surface area (Å²) in [7, 11) is 0. The summed E-state index contributed by atoms with van der Waals surface area (Å²) in [5.74, 6) is 0.360. The predicted molar refractivity (Wildman–Crippen MR) is 45.0 cm³/mol. The molecule has 11 heavy (non-hydrogen) atoms. The van der Waals surface area contributed by atoms with Crippen molar-refractivity contribution in [1.29, 1.82) is 0 Å². The number of hydrogen-bond donors (Lipinski definition) is 0. The minimum absolute atomic E-state index is 0.275. The van der Waals surface area contributed by atoms with Crippen LogP contribution in [0.1, 0.15) is 27.7 Å². The third-order valence-corrected chi connectivity index (χ3v) is 1.42. The Bertz CT molecular complexity index is 200. The van der Waals surface area contributed by atoms with Crippen molar-refractivity contribution in [1.82, 2.24) is 0 Å². The van der Waals surface area contributed by atoms with E-state index in [9.17, 15) is 4.79 Å². The van der Waals surface area contributed by atoms with E-state index in [1.54, 1.807) is 26.0 Å². The van der Waals surface area contributed by atoms with Gasteiger partial charge in [0.05, 0.1) is 0 Å². The number of carbonyl (C=O) groups is 1. The van der Waals surface area contributed by atoms with E-state index < -0.39 is 0 Å². The van der Waals surface area contributed by atoms with E-state index in [4.69, 9.17) is 4.74 Å². The fourth-order valence-corrected chi connectivity index (χ4v) is 0.403. The summed E-state index contributed by atoms with van der Waals surface area (Å²) >= 11 is 0. The highest BCUT2D eigenvalue weighted by atomic mass is 16.5. The number of carbonyl (C=O) groups excluding carboxylic acids is 1. The summed E-state index contributed by atoms with van der Waals surface area (Å²) in [6.07, 6.45) is 3.48. The number of allylic oxidation sites excluding steroid dienone is 3. The van der Waals surface area contributed by atoms with Gasteiger partial charge in [0, 0.05) is 5.57 Å².